The minimum absolute atomic E-state index is 0.0227. The van der Waals surface area contributed by atoms with Crippen molar-refractivity contribution in [2.24, 2.45) is 0 Å². The van der Waals surface area contributed by atoms with Gasteiger partial charge >= 0.3 is 0 Å². The van der Waals surface area contributed by atoms with Crippen molar-refractivity contribution in [3.05, 3.63) is 78.2 Å². The molecule has 3 atom stereocenters. The van der Waals surface area contributed by atoms with E-state index in [4.69, 9.17) is 9.47 Å². The molecule has 158 valence electrons. The van der Waals surface area contributed by atoms with Gasteiger partial charge in [0.25, 0.3) is 0 Å². The molecule has 2 aliphatic rings. The molecule has 1 saturated carbocycles. The summed E-state index contributed by atoms with van der Waals surface area (Å²) in [5, 5.41) is 4.70. The average molecular weight is 426 g/mol. The van der Waals surface area contributed by atoms with E-state index < -0.39 is 9.84 Å². The van der Waals surface area contributed by atoms with Crippen LogP contribution >= 0.6 is 0 Å². The van der Waals surface area contributed by atoms with Gasteiger partial charge in [-0.05, 0) is 48.9 Å². The van der Waals surface area contributed by atoms with E-state index in [0.717, 1.165) is 41.7 Å². The molecule has 0 spiro atoms. The van der Waals surface area contributed by atoms with Gasteiger partial charge < -0.3 is 14.8 Å². The number of para-hydroxylation sites is 1. The zero-order chi connectivity index (χ0) is 21.1. The highest BCUT2D eigenvalue weighted by Gasteiger charge is 2.29. The van der Waals surface area contributed by atoms with Gasteiger partial charge in [0.05, 0.1) is 10.9 Å². The van der Waals surface area contributed by atoms with Crippen LogP contribution in [0, 0.1) is 0 Å². The van der Waals surface area contributed by atoms with Crippen molar-refractivity contribution in [3.63, 3.8) is 0 Å². The molecule has 0 aromatic heterocycles. The van der Waals surface area contributed by atoms with Crippen molar-refractivity contribution in [1.29, 1.82) is 0 Å². The molecule has 5 nitrogen and oxygen atoms in total. The molecule has 0 bridgehead atoms. The summed E-state index contributed by atoms with van der Waals surface area (Å²) in [4.78, 5) is 0.289. The zero-order valence-electron chi connectivity index (χ0n) is 16.9. The molecular weight excluding hydrogens is 398 g/mol. The molecule has 1 heterocycles. The van der Waals surface area contributed by atoms with E-state index in [2.05, 4.69) is 24.5 Å². The molecule has 1 N–H and O–H groups in total. The van der Waals surface area contributed by atoms with Crippen LogP contribution in [-0.4, -0.2) is 27.7 Å². The smallest absolute Gasteiger partial charge is 0.199 e. The number of nitrogens with one attached hydrogen (secondary N) is 1. The third kappa shape index (κ3) is 4.16. The minimum Gasteiger partial charge on any atom is -0.486 e. The van der Waals surface area contributed by atoms with Crippen LogP contribution in [-0.2, 0) is 9.84 Å². The van der Waals surface area contributed by atoms with Crippen molar-refractivity contribution in [2.45, 2.75) is 42.2 Å². The van der Waals surface area contributed by atoms with Gasteiger partial charge in [0, 0.05) is 17.0 Å². The first-order valence-corrected chi connectivity index (χ1v) is 11.8. The molecule has 0 amide bonds. The summed E-state index contributed by atoms with van der Waals surface area (Å²) in [5.74, 6) is 1.98. The van der Waals surface area contributed by atoms with E-state index >= 15 is 0 Å². The van der Waals surface area contributed by atoms with Crippen molar-refractivity contribution >= 4 is 9.84 Å². The maximum atomic E-state index is 11.9. The number of benzene rings is 2. The summed E-state index contributed by atoms with van der Waals surface area (Å²) < 4.78 is 35.4. The number of fused-ring (bicyclic) bond motifs is 1. The van der Waals surface area contributed by atoms with Crippen LogP contribution in [0.25, 0.3) is 0 Å². The van der Waals surface area contributed by atoms with Crippen molar-refractivity contribution in [3.8, 4) is 11.5 Å². The molecule has 1 unspecified atom stereocenters. The first kappa shape index (κ1) is 20.7. The Balaban J connectivity index is 1.45. The van der Waals surface area contributed by atoms with Gasteiger partial charge in [-0.3, -0.25) is 0 Å². The van der Waals surface area contributed by atoms with E-state index in [9.17, 15) is 8.42 Å². The Bertz CT molecular complexity index is 1030. The third-order valence-electron chi connectivity index (χ3n) is 5.91. The molecule has 1 aliphatic carbocycles. The molecule has 2 aromatic carbocycles. The predicted molar refractivity (Wildman–Crippen MR) is 118 cm³/mol. The van der Waals surface area contributed by atoms with Crippen molar-refractivity contribution in [2.75, 3.05) is 13.2 Å². The van der Waals surface area contributed by atoms with Crippen LogP contribution in [0.5, 0.6) is 11.5 Å². The predicted octanol–water partition coefficient (Wildman–Crippen LogP) is 4.53. The number of rotatable bonds is 7. The standard InChI is InChI=1S/C24H27NO4S/c1-3-22(21-6-5-7-23-24(21)29-15-14-28-23)25-19-11-8-18(16-19)17-9-12-20(13-10-17)30(26,27)4-2/h3-7,9-10,12-13,18-19,22,25H,1-2,8,11,14-16H2/t18-,19?,22+/m0/s1. The Hall–Kier alpha value is -2.57. The first-order valence-electron chi connectivity index (χ1n) is 10.3. The second kappa shape index (κ2) is 8.66. The van der Waals surface area contributed by atoms with Crippen LogP contribution < -0.4 is 14.8 Å². The fourth-order valence-corrected chi connectivity index (χ4v) is 5.05. The van der Waals surface area contributed by atoms with Crippen LogP contribution in [0.3, 0.4) is 0 Å². The quantitative estimate of drug-likeness (QED) is 0.661. The first-order chi connectivity index (χ1) is 14.5. The number of ether oxygens (including phenoxy) is 2. The Morgan fingerprint density at radius 3 is 2.53 bits per heavy atom. The molecule has 1 aliphatic heterocycles. The maximum Gasteiger partial charge on any atom is 0.199 e. The molecule has 2 aromatic rings. The highest BCUT2D eigenvalue weighted by molar-refractivity contribution is 7.94. The Kier molecular flexibility index (Phi) is 5.97. The fraction of sp³-hybridized carbons (Fsp3) is 0.333. The number of sulfone groups is 1. The normalized spacial score (nSPS) is 21.7. The Morgan fingerprint density at radius 2 is 1.80 bits per heavy atom. The monoisotopic (exact) mass is 425 g/mol. The van der Waals surface area contributed by atoms with Gasteiger partial charge in [-0.25, -0.2) is 8.42 Å². The lowest BCUT2D eigenvalue weighted by Gasteiger charge is -2.26. The molecule has 0 saturated heterocycles. The second-order valence-electron chi connectivity index (χ2n) is 7.74. The van der Waals surface area contributed by atoms with E-state index in [1.807, 2.05) is 30.3 Å². The SMILES string of the molecule is C=C[C@@H](NC1CC[C@H](c2ccc(S(=O)(=O)C=C)cc2)C1)c1cccc2c1OCCO2. The third-order valence-corrected chi connectivity index (χ3v) is 7.28. The van der Waals surface area contributed by atoms with Gasteiger partial charge in [0.15, 0.2) is 21.3 Å². The lowest BCUT2D eigenvalue weighted by atomic mass is 9.97. The zero-order valence-corrected chi connectivity index (χ0v) is 17.7. The summed E-state index contributed by atoms with van der Waals surface area (Å²) in [6, 6.07) is 13.5. The second-order valence-corrected chi connectivity index (χ2v) is 9.63. The lowest BCUT2D eigenvalue weighted by Crippen LogP contribution is -2.30. The number of hydrogen-bond acceptors (Lipinski definition) is 5. The average Bonchev–Trinajstić information content (AvgIpc) is 3.26. The summed E-state index contributed by atoms with van der Waals surface area (Å²) in [6.45, 7) is 8.53. The van der Waals surface area contributed by atoms with Gasteiger partial charge in [-0.2, -0.15) is 0 Å². The van der Waals surface area contributed by atoms with E-state index in [1.54, 1.807) is 12.1 Å². The highest BCUT2D eigenvalue weighted by Crippen LogP contribution is 2.40. The van der Waals surface area contributed by atoms with Crippen LogP contribution in [0.2, 0.25) is 0 Å². The molecule has 6 heteroatoms. The summed E-state index contributed by atoms with van der Waals surface area (Å²) >= 11 is 0. The summed E-state index contributed by atoms with van der Waals surface area (Å²) in [6.07, 6.45) is 5.01. The van der Waals surface area contributed by atoms with Gasteiger partial charge in [0.2, 0.25) is 0 Å². The molecule has 1 fully saturated rings. The topological polar surface area (TPSA) is 64.6 Å². The minimum atomic E-state index is -3.39. The van der Waals surface area contributed by atoms with Crippen molar-refractivity contribution in [1.82, 2.24) is 5.32 Å². The number of hydrogen-bond donors (Lipinski definition) is 1. The summed E-state index contributed by atoms with van der Waals surface area (Å²) in [5.41, 5.74) is 2.22. The Morgan fingerprint density at radius 1 is 1.03 bits per heavy atom. The van der Waals surface area contributed by atoms with E-state index in [-0.39, 0.29) is 10.9 Å². The van der Waals surface area contributed by atoms with E-state index in [1.165, 1.54) is 5.56 Å². The van der Waals surface area contributed by atoms with Gasteiger partial charge in [0.1, 0.15) is 13.2 Å². The molecular formula is C24H27NO4S. The maximum absolute atomic E-state index is 11.9. The molecule has 30 heavy (non-hydrogen) atoms. The lowest BCUT2D eigenvalue weighted by molar-refractivity contribution is 0.169. The van der Waals surface area contributed by atoms with Crippen LogP contribution in [0.15, 0.2) is 72.0 Å². The van der Waals surface area contributed by atoms with E-state index in [0.29, 0.717) is 25.2 Å². The highest BCUT2D eigenvalue weighted by atomic mass is 32.2. The van der Waals surface area contributed by atoms with Gasteiger partial charge in [-0.1, -0.05) is 36.9 Å². The fourth-order valence-electron chi connectivity index (χ4n) is 4.34. The van der Waals surface area contributed by atoms with Crippen LogP contribution in [0.1, 0.15) is 42.3 Å². The van der Waals surface area contributed by atoms with Crippen LogP contribution in [0.4, 0.5) is 0 Å². The largest absolute Gasteiger partial charge is 0.486 e. The van der Waals surface area contributed by atoms with Gasteiger partial charge in [-0.15, -0.1) is 6.58 Å². The Labute approximate surface area is 178 Å². The summed E-state index contributed by atoms with van der Waals surface area (Å²) in [7, 11) is -3.39. The van der Waals surface area contributed by atoms with Crippen molar-refractivity contribution < 1.29 is 17.9 Å². The molecule has 4 rings (SSSR count). The molecule has 0 radical (unpaired) electrons.